The lowest BCUT2D eigenvalue weighted by Gasteiger charge is -2.08. The highest BCUT2D eigenvalue weighted by Gasteiger charge is 2.08. The number of carbonyl (C=O) groups excluding carboxylic acids is 1. The van der Waals surface area contributed by atoms with Crippen LogP contribution in [-0.4, -0.2) is 5.97 Å². The summed E-state index contributed by atoms with van der Waals surface area (Å²) in [6.07, 6.45) is 0. The Balaban J connectivity index is 2.93. The van der Waals surface area contributed by atoms with Crippen LogP contribution in [0.25, 0.3) is 0 Å². The van der Waals surface area contributed by atoms with E-state index in [0.29, 0.717) is 17.0 Å². The summed E-state index contributed by atoms with van der Waals surface area (Å²) in [7, 11) is 0. The third-order valence-corrected chi connectivity index (χ3v) is 1.88. The van der Waals surface area contributed by atoms with Gasteiger partial charge in [-0.2, -0.15) is 0 Å². The summed E-state index contributed by atoms with van der Waals surface area (Å²) in [5.41, 5.74) is 7.40. The molecule has 3 heteroatoms. The van der Waals surface area contributed by atoms with Gasteiger partial charge in [-0.05, 0) is 26.0 Å². The predicted octanol–water partition coefficient (Wildman–Crippen LogP) is 2.06. The minimum absolute atomic E-state index is 0.367. The average Bonchev–Trinajstić information content (AvgIpc) is 2.12. The fourth-order valence-electron chi connectivity index (χ4n) is 0.929. The van der Waals surface area contributed by atoms with E-state index in [1.807, 2.05) is 0 Å². The standard InChI is InChI=1S/C11H13NO2/c1-7(2)11(13)14-10-6-4-5-9(12)8(10)3/h4-6H,1,12H2,2-3H3. The molecule has 0 atom stereocenters. The lowest BCUT2D eigenvalue weighted by molar-refractivity contribution is -0.130. The van der Waals surface area contributed by atoms with Gasteiger partial charge in [-0.1, -0.05) is 12.6 Å². The van der Waals surface area contributed by atoms with E-state index in [0.717, 1.165) is 5.56 Å². The summed E-state index contributed by atoms with van der Waals surface area (Å²) < 4.78 is 5.07. The quantitative estimate of drug-likeness (QED) is 0.337. The Morgan fingerprint density at radius 3 is 2.71 bits per heavy atom. The molecule has 0 aromatic heterocycles. The van der Waals surface area contributed by atoms with Crippen LogP contribution in [0.3, 0.4) is 0 Å². The third-order valence-electron chi connectivity index (χ3n) is 1.88. The number of hydrogen-bond acceptors (Lipinski definition) is 3. The Kier molecular flexibility index (Phi) is 2.92. The van der Waals surface area contributed by atoms with Crippen LogP contribution in [0.4, 0.5) is 5.69 Å². The van der Waals surface area contributed by atoms with Gasteiger partial charge in [0.15, 0.2) is 0 Å². The van der Waals surface area contributed by atoms with Gasteiger partial charge in [0.2, 0.25) is 0 Å². The van der Waals surface area contributed by atoms with E-state index in [9.17, 15) is 4.79 Å². The molecule has 0 saturated carbocycles. The van der Waals surface area contributed by atoms with E-state index in [-0.39, 0.29) is 0 Å². The molecule has 0 unspecified atom stereocenters. The summed E-state index contributed by atoms with van der Waals surface area (Å²) in [5.74, 6) is 0.0525. The van der Waals surface area contributed by atoms with Crippen molar-refractivity contribution in [3.05, 3.63) is 35.9 Å². The molecule has 2 N–H and O–H groups in total. The van der Waals surface area contributed by atoms with Crippen LogP contribution in [0.1, 0.15) is 12.5 Å². The number of ether oxygens (including phenoxy) is 1. The second-order valence-corrected chi connectivity index (χ2v) is 3.14. The molecular formula is C11H13NO2. The Hall–Kier alpha value is -1.77. The van der Waals surface area contributed by atoms with Gasteiger partial charge in [-0.15, -0.1) is 0 Å². The molecule has 0 aliphatic heterocycles. The van der Waals surface area contributed by atoms with Gasteiger partial charge in [0.25, 0.3) is 0 Å². The van der Waals surface area contributed by atoms with Crippen molar-refractivity contribution in [2.24, 2.45) is 0 Å². The first-order chi connectivity index (χ1) is 6.52. The molecule has 0 fully saturated rings. The highest BCUT2D eigenvalue weighted by atomic mass is 16.5. The minimum atomic E-state index is -0.432. The van der Waals surface area contributed by atoms with E-state index in [2.05, 4.69) is 6.58 Å². The second-order valence-electron chi connectivity index (χ2n) is 3.14. The molecule has 0 heterocycles. The Labute approximate surface area is 83.2 Å². The van der Waals surface area contributed by atoms with Crippen molar-refractivity contribution < 1.29 is 9.53 Å². The number of rotatable bonds is 2. The van der Waals surface area contributed by atoms with Gasteiger partial charge in [-0.3, -0.25) is 0 Å². The van der Waals surface area contributed by atoms with Crippen molar-refractivity contribution >= 4 is 11.7 Å². The van der Waals surface area contributed by atoms with Crippen LogP contribution in [0, 0.1) is 6.92 Å². The zero-order chi connectivity index (χ0) is 10.7. The van der Waals surface area contributed by atoms with Gasteiger partial charge >= 0.3 is 5.97 Å². The first-order valence-corrected chi connectivity index (χ1v) is 4.25. The van der Waals surface area contributed by atoms with Crippen LogP contribution in [0.5, 0.6) is 5.75 Å². The van der Waals surface area contributed by atoms with Crippen molar-refractivity contribution in [1.29, 1.82) is 0 Å². The zero-order valence-electron chi connectivity index (χ0n) is 8.33. The Morgan fingerprint density at radius 1 is 1.50 bits per heavy atom. The summed E-state index contributed by atoms with van der Waals surface area (Å²) >= 11 is 0. The van der Waals surface area contributed by atoms with E-state index in [1.54, 1.807) is 32.0 Å². The normalized spacial score (nSPS) is 9.57. The maximum atomic E-state index is 11.2. The number of carbonyl (C=O) groups is 1. The summed E-state index contributed by atoms with van der Waals surface area (Å²) in [6, 6.07) is 5.20. The first kappa shape index (κ1) is 10.3. The van der Waals surface area contributed by atoms with Gasteiger partial charge in [0.1, 0.15) is 5.75 Å². The number of nitrogens with two attached hydrogens (primary N) is 1. The second kappa shape index (κ2) is 3.96. The highest BCUT2D eigenvalue weighted by molar-refractivity contribution is 5.89. The topological polar surface area (TPSA) is 52.3 Å². The van der Waals surface area contributed by atoms with Crippen molar-refractivity contribution in [3.63, 3.8) is 0 Å². The molecule has 74 valence electrons. The number of anilines is 1. The predicted molar refractivity (Wildman–Crippen MR) is 56.0 cm³/mol. The van der Waals surface area contributed by atoms with Crippen LogP contribution < -0.4 is 10.5 Å². The van der Waals surface area contributed by atoms with Crippen LogP contribution in [0.2, 0.25) is 0 Å². The van der Waals surface area contributed by atoms with Crippen molar-refractivity contribution in [2.45, 2.75) is 13.8 Å². The molecule has 1 aromatic carbocycles. The maximum Gasteiger partial charge on any atom is 0.338 e. The SMILES string of the molecule is C=C(C)C(=O)Oc1cccc(N)c1C. The van der Waals surface area contributed by atoms with Crippen molar-refractivity contribution in [1.82, 2.24) is 0 Å². The first-order valence-electron chi connectivity index (χ1n) is 4.25. The van der Waals surface area contributed by atoms with E-state index in [1.165, 1.54) is 0 Å². The summed E-state index contributed by atoms with van der Waals surface area (Å²) in [6.45, 7) is 6.90. The summed E-state index contributed by atoms with van der Waals surface area (Å²) in [4.78, 5) is 11.2. The number of esters is 1. The fourth-order valence-corrected chi connectivity index (χ4v) is 0.929. The molecule has 0 aliphatic carbocycles. The van der Waals surface area contributed by atoms with Crippen molar-refractivity contribution in [3.8, 4) is 5.75 Å². The smallest absolute Gasteiger partial charge is 0.338 e. The third kappa shape index (κ3) is 2.13. The van der Waals surface area contributed by atoms with Crippen molar-refractivity contribution in [2.75, 3.05) is 5.73 Å². The van der Waals surface area contributed by atoms with Gasteiger partial charge in [0, 0.05) is 16.8 Å². The molecule has 14 heavy (non-hydrogen) atoms. The minimum Gasteiger partial charge on any atom is -0.423 e. The molecule has 1 aromatic rings. The molecule has 0 aliphatic rings. The molecule has 0 radical (unpaired) electrons. The number of hydrogen-bond donors (Lipinski definition) is 1. The van der Waals surface area contributed by atoms with Gasteiger partial charge in [-0.25, -0.2) is 4.79 Å². The molecule has 3 nitrogen and oxygen atoms in total. The van der Waals surface area contributed by atoms with E-state index >= 15 is 0 Å². The van der Waals surface area contributed by atoms with Gasteiger partial charge in [0.05, 0.1) is 0 Å². The largest absolute Gasteiger partial charge is 0.423 e. The van der Waals surface area contributed by atoms with Crippen LogP contribution in [-0.2, 0) is 4.79 Å². The number of benzene rings is 1. The Morgan fingerprint density at radius 2 is 2.14 bits per heavy atom. The van der Waals surface area contributed by atoms with Crippen LogP contribution >= 0.6 is 0 Å². The average molecular weight is 191 g/mol. The lowest BCUT2D eigenvalue weighted by atomic mass is 10.2. The van der Waals surface area contributed by atoms with Crippen LogP contribution in [0.15, 0.2) is 30.4 Å². The molecule has 0 bridgehead atoms. The molecule has 0 amide bonds. The Bertz CT molecular complexity index is 383. The summed E-state index contributed by atoms with van der Waals surface area (Å²) in [5, 5.41) is 0. The highest BCUT2D eigenvalue weighted by Crippen LogP contribution is 2.23. The molecule has 0 saturated heterocycles. The molecule has 1 rings (SSSR count). The number of nitrogen functional groups attached to an aromatic ring is 1. The zero-order valence-corrected chi connectivity index (χ0v) is 8.33. The molecule has 0 spiro atoms. The lowest BCUT2D eigenvalue weighted by Crippen LogP contribution is -2.09. The monoisotopic (exact) mass is 191 g/mol. The van der Waals surface area contributed by atoms with E-state index < -0.39 is 5.97 Å². The molecular weight excluding hydrogens is 178 g/mol. The maximum absolute atomic E-state index is 11.2. The fraction of sp³-hybridized carbons (Fsp3) is 0.182. The van der Waals surface area contributed by atoms with Gasteiger partial charge < -0.3 is 10.5 Å². The van der Waals surface area contributed by atoms with E-state index in [4.69, 9.17) is 10.5 Å².